The van der Waals surface area contributed by atoms with Gasteiger partial charge in [-0.1, -0.05) is 6.07 Å². The summed E-state index contributed by atoms with van der Waals surface area (Å²) in [6, 6.07) is 5.86. The summed E-state index contributed by atoms with van der Waals surface area (Å²) in [6.07, 6.45) is 0. The lowest BCUT2D eigenvalue weighted by atomic mass is 10.1. The van der Waals surface area contributed by atoms with Crippen LogP contribution in [-0.2, 0) is 0 Å². The molecule has 3 nitrogen and oxygen atoms in total. The maximum absolute atomic E-state index is 5.75. The molecule has 0 spiro atoms. The highest BCUT2D eigenvalue weighted by molar-refractivity contribution is 5.85. The maximum Gasteiger partial charge on any atom is 0.161 e. The third-order valence-electron chi connectivity index (χ3n) is 2.09. The molecule has 78 valence electrons. The van der Waals surface area contributed by atoms with Gasteiger partial charge >= 0.3 is 0 Å². The highest BCUT2D eigenvalue weighted by Crippen LogP contribution is 2.31. The van der Waals surface area contributed by atoms with Gasteiger partial charge in [-0.3, -0.25) is 0 Å². The third-order valence-corrected chi connectivity index (χ3v) is 2.09. The molecule has 0 aliphatic carbocycles. The molecule has 0 unspecified atom stereocenters. The maximum atomic E-state index is 5.75. The zero-order valence-electron chi connectivity index (χ0n) is 8.03. The molecule has 0 radical (unpaired) electrons. The van der Waals surface area contributed by atoms with Crippen molar-refractivity contribution < 1.29 is 9.47 Å². The van der Waals surface area contributed by atoms with Gasteiger partial charge in [-0.15, -0.1) is 12.4 Å². The zero-order valence-corrected chi connectivity index (χ0v) is 8.84. The Morgan fingerprint density at radius 1 is 1.21 bits per heavy atom. The van der Waals surface area contributed by atoms with Crippen molar-refractivity contribution in [3.05, 3.63) is 23.8 Å². The average molecular weight is 216 g/mol. The molecule has 0 fully saturated rings. The molecule has 1 atom stereocenters. The van der Waals surface area contributed by atoms with Crippen LogP contribution in [0, 0.1) is 0 Å². The average Bonchev–Trinajstić information content (AvgIpc) is 2.17. The van der Waals surface area contributed by atoms with E-state index in [1.54, 1.807) is 0 Å². The van der Waals surface area contributed by atoms with E-state index in [4.69, 9.17) is 15.2 Å². The number of benzene rings is 1. The van der Waals surface area contributed by atoms with Crippen LogP contribution in [0.25, 0.3) is 0 Å². The molecule has 0 saturated carbocycles. The van der Waals surface area contributed by atoms with Crippen molar-refractivity contribution in [2.75, 3.05) is 13.2 Å². The smallest absolute Gasteiger partial charge is 0.161 e. The van der Waals surface area contributed by atoms with Crippen LogP contribution in [0.3, 0.4) is 0 Å². The first-order chi connectivity index (χ1) is 6.27. The number of rotatable bonds is 1. The standard InChI is InChI=1S/C10H13NO2.ClH/c1-7(11)8-2-3-9-10(6-8)13-5-4-12-9;/h2-3,6-7H,4-5,11H2,1H3;1H/t7-;/m0./s1. The minimum absolute atomic E-state index is 0. The van der Waals surface area contributed by atoms with Crippen molar-refractivity contribution >= 4 is 12.4 Å². The third kappa shape index (κ3) is 2.11. The number of hydrogen-bond acceptors (Lipinski definition) is 3. The zero-order chi connectivity index (χ0) is 9.26. The van der Waals surface area contributed by atoms with Gasteiger partial charge in [0, 0.05) is 6.04 Å². The number of hydrogen-bond donors (Lipinski definition) is 1. The van der Waals surface area contributed by atoms with Gasteiger partial charge in [0.25, 0.3) is 0 Å². The number of nitrogens with two attached hydrogens (primary N) is 1. The monoisotopic (exact) mass is 215 g/mol. The Kier molecular flexibility index (Phi) is 3.61. The highest BCUT2D eigenvalue weighted by Gasteiger charge is 2.12. The largest absolute Gasteiger partial charge is 0.486 e. The minimum atomic E-state index is 0. The van der Waals surface area contributed by atoms with Crippen LogP contribution in [0.15, 0.2) is 18.2 Å². The van der Waals surface area contributed by atoms with Gasteiger partial charge in [0.1, 0.15) is 13.2 Å². The first-order valence-electron chi connectivity index (χ1n) is 4.42. The molecule has 0 aromatic heterocycles. The Balaban J connectivity index is 0.000000980. The number of halogens is 1. The van der Waals surface area contributed by atoms with Crippen LogP contribution in [0.1, 0.15) is 18.5 Å². The number of ether oxygens (including phenoxy) is 2. The van der Waals surface area contributed by atoms with Gasteiger partial charge in [-0.25, -0.2) is 0 Å². The van der Waals surface area contributed by atoms with Crippen LogP contribution < -0.4 is 15.2 Å². The van der Waals surface area contributed by atoms with Crippen molar-refractivity contribution in [3.63, 3.8) is 0 Å². The number of fused-ring (bicyclic) bond motifs is 1. The second kappa shape index (κ2) is 4.53. The van der Waals surface area contributed by atoms with E-state index >= 15 is 0 Å². The van der Waals surface area contributed by atoms with Crippen LogP contribution in [0.2, 0.25) is 0 Å². The Hall–Kier alpha value is -0.930. The van der Waals surface area contributed by atoms with Gasteiger partial charge < -0.3 is 15.2 Å². The molecule has 1 aromatic carbocycles. The van der Waals surface area contributed by atoms with E-state index in [0.29, 0.717) is 13.2 Å². The molecule has 0 amide bonds. The van der Waals surface area contributed by atoms with Gasteiger partial charge in [0.15, 0.2) is 11.5 Å². The predicted octanol–water partition coefficient (Wildman–Crippen LogP) is 1.90. The van der Waals surface area contributed by atoms with E-state index in [0.717, 1.165) is 17.1 Å². The van der Waals surface area contributed by atoms with E-state index in [1.807, 2.05) is 25.1 Å². The van der Waals surface area contributed by atoms with E-state index < -0.39 is 0 Å². The first-order valence-corrected chi connectivity index (χ1v) is 4.42. The van der Waals surface area contributed by atoms with Crippen LogP contribution in [0.5, 0.6) is 11.5 Å². The molecule has 2 N–H and O–H groups in total. The molecule has 4 heteroatoms. The van der Waals surface area contributed by atoms with E-state index in [-0.39, 0.29) is 18.4 Å². The minimum Gasteiger partial charge on any atom is -0.486 e. The molecular weight excluding hydrogens is 202 g/mol. The lowest BCUT2D eigenvalue weighted by Crippen LogP contribution is -2.16. The molecule has 1 heterocycles. The summed E-state index contributed by atoms with van der Waals surface area (Å²) in [7, 11) is 0. The topological polar surface area (TPSA) is 44.5 Å². The summed E-state index contributed by atoms with van der Waals surface area (Å²) in [6.45, 7) is 3.20. The molecule has 2 rings (SSSR count). The van der Waals surface area contributed by atoms with Gasteiger partial charge in [-0.05, 0) is 24.6 Å². The van der Waals surface area contributed by atoms with Crippen LogP contribution in [-0.4, -0.2) is 13.2 Å². The Labute approximate surface area is 89.6 Å². The summed E-state index contributed by atoms with van der Waals surface area (Å²) in [4.78, 5) is 0. The second-order valence-corrected chi connectivity index (χ2v) is 3.19. The molecule has 1 aliphatic heterocycles. The lowest BCUT2D eigenvalue weighted by Gasteiger charge is -2.19. The van der Waals surface area contributed by atoms with E-state index in [1.165, 1.54) is 0 Å². The summed E-state index contributed by atoms with van der Waals surface area (Å²) in [5.41, 5.74) is 6.82. The quantitative estimate of drug-likeness (QED) is 0.778. The fourth-order valence-corrected chi connectivity index (χ4v) is 1.34. The summed E-state index contributed by atoms with van der Waals surface area (Å²) < 4.78 is 10.8. The van der Waals surface area contributed by atoms with Crippen LogP contribution in [0.4, 0.5) is 0 Å². The van der Waals surface area contributed by atoms with Crippen molar-refractivity contribution in [1.29, 1.82) is 0 Å². The normalized spacial score (nSPS) is 15.6. The van der Waals surface area contributed by atoms with Gasteiger partial charge in [-0.2, -0.15) is 0 Å². The van der Waals surface area contributed by atoms with Gasteiger partial charge in [0.2, 0.25) is 0 Å². The molecular formula is C10H14ClNO2. The van der Waals surface area contributed by atoms with E-state index in [2.05, 4.69) is 0 Å². The van der Waals surface area contributed by atoms with Crippen molar-refractivity contribution in [3.8, 4) is 11.5 Å². The molecule has 14 heavy (non-hydrogen) atoms. The van der Waals surface area contributed by atoms with Gasteiger partial charge in [0.05, 0.1) is 0 Å². The Bertz CT molecular complexity index is 315. The van der Waals surface area contributed by atoms with E-state index in [9.17, 15) is 0 Å². The first kappa shape index (κ1) is 11.1. The molecule has 0 bridgehead atoms. The Morgan fingerprint density at radius 3 is 2.50 bits per heavy atom. The van der Waals surface area contributed by atoms with Crippen molar-refractivity contribution in [2.24, 2.45) is 5.73 Å². The second-order valence-electron chi connectivity index (χ2n) is 3.19. The summed E-state index contributed by atoms with van der Waals surface area (Å²) in [5, 5.41) is 0. The fraction of sp³-hybridized carbons (Fsp3) is 0.400. The Morgan fingerprint density at radius 2 is 1.86 bits per heavy atom. The lowest BCUT2D eigenvalue weighted by molar-refractivity contribution is 0.171. The molecule has 1 aliphatic rings. The van der Waals surface area contributed by atoms with Crippen molar-refractivity contribution in [1.82, 2.24) is 0 Å². The SMILES string of the molecule is C[C@H](N)c1ccc2c(c1)OCCO2.Cl. The predicted molar refractivity (Wildman–Crippen MR) is 57.3 cm³/mol. The summed E-state index contributed by atoms with van der Waals surface area (Å²) in [5.74, 6) is 1.62. The fourth-order valence-electron chi connectivity index (χ4n) is 1.34. The van der Waals surface area contributed by atoms with Crippen LogP contribution >= 0.6 is 12.4 Å². The summed E-state index contributed by atoms with van der Waals surface area (Å²) >= 11 is 0. The van der Waals surface area contributed by atoms with Crippen molar-refractivity contribution in [2.45, 2.75) is 13.0 Å². The highest BCUT2D eigenvalue weighted by atomic mass is 35.5. The molecule has 0 saturated heterocycles. The molecule has 1 aromatic rings.